The Labute approximate surface area is 157 Å². The van der Waals surface area contributed by atoms with E-state index in [0.29, 0.717) is 12.5 Å². The molecule has 3 N–H and O–H groups in total. The summed E-state index contributed by atoms with van der Waals surface area (Å²) in [5.41, 5.74) is 2.14. The lowest BCUT2D eigenvalue weighted by atomic mass is 10.1. The number of aromatic nitrogens is 3. The topological polar surface area (TPSA) is 78.0 Å². The van der Waals surface area contributed by atoms with Crippen molar-refractivity contribution in [1.29, 1.82) is 0 Å². The summed E-state index contributed by atoms with van der Waals surface area (Å²) in [5.74, 6) is 2.06. The van der Waals surface area contributed by atoms with E-state index in [1.807, 2.05) is 12.1 Å². The first-order valence-electron chi connectivity index (χ1n) is 8.76. The van der Waals surface area contributed by atoms with E-state index in [4.69, 9.17) is 4.99 Å². The minimum atomic E-state index is 0.452. The molecule has 0 aliphatic carbocycles. The van der Waals surface area contributed by atoms with Crippen LogP contribution >= 0.6 is 11.3 Å². The lowest BCUT2D eigenvalue weighted by Gasteiger charge is -2.15. The molecule has 0 saturated heterocycles. The summed E-state index contributed by atoms with van der Waals surface area (Å²) in [7, 11) is 0. The van der Waals surface area contributed by atoms with Crippen LogP contribution in [0.2, 0.25) is 0 Å². The predicted octanol–water partition coefficient (Wildman–Crippen LogP) is 3.39. The number of aromatic amines is 1. The second-order valence-corrected chi connectivity index (χ2v) is 7.01. The van der Waals surface area contributed by atoms with Gasteiger partial charge in [0.15, 0.2) is 11.8 Å². The fourth-order valence-electron chi connectivity index (χ4n) is 2.60. The molecule has 0 aliphatic heterocycles. The molecule has 1 atom stereocenters. The van der Waals surface area contributed by atoms with E-state index in [2.05, 4.69) is 69.3 Å². The molecule has 136 valence electrons. The van der Waals surface area contributed by atoms with Gasteiger partial charge in [-0.05, 0) is 30.0 Å². The monoisotopic (exact) mass is 368 g/mol. The summed E-state index contributed by atoms with van der Waals surface area (Å²) in [6.07, 6.45) is 1.52. The lowest BCUT2D eigenvalue weighted by molar-refractivity contribution is 0.709. The smallest absolute Gasteiger partial charge is 0.191 e. The highest BCUT2D eigenvalue weighted by Crippen LogP contribution is 2.19. The van der Waals surface area contributed by atoms with Crippen molar-refractivity contribution < 1.29 is 0 Å². The fraction of sp³-hybridized carbons (Fsp3) is 0.316. The molecular weight excluding hydrogens is 344 g/mol. The number of thiophene rings is 1. The molecule has 6 nitrogen and oxygen atoms in total. The standard InChI is InChI=1S/C19H24N6S/c1-3-20-19(21-11-14(2)17-8-5-9-26-17)22-12-15-6-4-7-16(10-15)18-23-13-24-25-18/h4-10,13-14H,3,11-12H2,1-2H3,(H2,20,21,22)(H,23,24,25). The number of nitrogens with one attached hydrogen (secondary N) is 3. The van der Waals surface area contributed by atoms with Crippen molar-refractivity contribution >= 4 is 17.3 Å². The highest BCUT2D eigenvalue weighted by Gasteiger charge is 2.07. The molecule has 0 saturated carbocycles. The summed E-state index contributed by atoms with van der Waals surface area (Å²) < 4.78 is 0. The summed E-state index contributed by atoms with van der Waals surface area (Å²) in [4.78, 5) is 10.3. The molecule has 0 fully saturated rings. The minimum absolute atomic E-state index is 0.452. The van der Waals surface area contributed by atoms with E-state index in [1.165, 1.54) is 11.2 Å². The Hall–Kier alpha value is -2.67. The zero-order valence-electron chi connectivity index (χ0n) is 15.1. The Morgan fingerprint density at radius 3 is 2.92 bits per heavy atom. The molecule has 26 heavy (non-hydrogen) atoms. The van der Waals surface area contributed by atoms with Crippen LogP contribution in [0.1, 0.15) is 30.2 Å². The molecule has 7 heteroatoms. The summed E-state index contributed by atoms with van der Waals surface area (Å²) in [6.45, 7) is 6.58. The van der Waals surface area contributed by atoms with Crippen LogP contribution in [-0.2, 0) is 6.54 Å². The van der Waals surface area contributed by atoms with E-state index < -0.39 is 0 Å². The van der Waals surface area contributed by atoms with E-state index in [9.17, 15) is 0 Å². The average molecular weight is 369 g/mol. The first-order chi connectivity index (χ1) is 12.8. The Morgan fingerprint density at radius 1 is 1.27 bits per heavy atom. The highest BCUT2D eigenvalue weighted by molar-refractivity contribution is 7.10. The number of H-pyrrole nitrogens is 1. The van der Waals surface area contributed by atoms with Gasteiger partial charge in [0, 0.05) is 29.4 Å². The van der Waals surface area contributed by atoms with Crippen LogP contribution in [-0.4, -0.2) is 34.2 Å². The van der Waals surface area contributed by atoms with Gasteiger partial charge >= 0.3 is 0 Å². The Bertz CT molecular complexity index is 810. The number of rotatable bonds is 7. The average Bonchev–Trinajstić information content (AvgIpc) is 3.38. The van der Waals surface area contributed by atoms with Gasteiger partial charge in [0.25, 0.3) is 0 Å². The third-order valence-corrected chi connectivity index (χ3v) is 5.09. The Morgan fingerprint density at radius 2 is 2.19 bits per heavy atom. The molecule has 3 aromatic rings. The molecule has 0 radical (unpaired) electrons. The molecular formula is C19H24N6S. The van der Waals surface area contributed by atoms with Gasteiger partial charge in [0.2, 0.25) is 0 Å². The van der Waals surface area contributed by atoms with Crippen molar-refractivity contribution in [3.63, 3.8) is 0 Å². The lowest BCUT2D eigenvalue weighted by Crippen LogP contribution is -2.39. The van der Waals surface area contributed by atoms with Crippen LogP contribution in [0.5, 0.6) is 0 Å². The summed E-state index contributed by atoms with van der Waals surface area (Å²) >= 11 is 1.79. The molecule has 3 rings (SSSR count). The third-order valence-electron chi connectivity index (χ3n) is 3.98. The second kappa shape index (κ2) is 9.15. The molecule has 1 unspecified atom stereocenters. The summed E-state index contributed by atoms with van der Waals surface area (Å²) in [5, 5.41) is 15.7. The van der Waals surface area contributed by atoms with Crippen molar-refractivity contribution in [3.8, 4) is 11.4 Å². The number of hydrogen-bond donors (Lipinski definition) is 3. The van der Waals surface area contributed by atoms with Gasteiger partial charge in [0.1, 0.15) is 6.33 Å². The quantitative estimate of drug-likeness (QED) is 0.441. The number of nitrogens with zero attached hydrogens (tertiary/aromatic N) is 3. The number of benzene rings is 1. The molecule has 1 aromatic carbocycles. The SMILES string of the molecule is CCNC(=NCc1cccc(-c2ncn[nH]2)c1)NCC(C)c1cccs1. The highest BCUT2D eigenvalue weighted by atomic mass is 32.1. The number of aliphatic imine (C=N–C) groups is 1. The number of hydrogen-bond acceptors (Lipinski definition) is 4. The normalized spacial score (nSPS) is 12.8. The molecule has 0 aliphatic rings. The van der Waals surface area contributed by atoms with Gasteiger partial charge in [-0.3, -0.25) is 5.10 Å². The van der Waals surface area contributed by atoms with Crippen molar-refractivity contribution in [1.82, 2.24) is 25.8 Å². The zero-order valence-corrected chi connectivity index (χ0v) is 15.9. The van der Waals surface area contributed by atoms with Crippen LogP contribution in [0, 0.1) is 0 Å². The van der Waals surface area contributed by atoms with Gasteiger partial charge < -0.3 is 10.6 Å². The van der Waals surface area contributed by atoms with Crippen LogP contribution in [0.3, 0.4) is 0 Å². The number of guanidine groups is 1. The predicted molar refractivity (Wildman–Crippen MR) is 107 cm³/mol. The van der Waals surface area contributed by atoms with Crippen LogP contribution in [0.15, 0.2) is 53.1 Å². The Kier molecular flexibility index (Phi) is 6.38. The van der Waals surface area contributed by atoms with Crippen molar-refractivity contribution in [2.75, 3.05) is 13.1 Å². The third kappa shape index (κ3) is 4.92. The van der Waals surface area contributed by atoms with Gasteiger partial charge in [-0.1, -0.05) is 31.2 Å². The van der Waals surface area contributed by atoms with Crippen molar-refractivity contribution in [2.24, 2.45) is 4.99 Å². The first kappa shape index (κ1) is 18.1. The molecule has 0 spiro atoms. The largest absolute Gasteiger partial charge is 0.357 e. The summed E-state index contributed by atoms with van der Waals surface area (Å²) in [6, 6.07) is 12.5. The molecule has 0 bridgehead atoms. The molecule has 2 aromatic heterocycles. The van der Waals surface area contributed by atoms with Crippen LogP contribution in [0.4, 0.5) is 0 Å². The van der Waals surface area contributed by atoms with E-state index >= 15 is 0 Å². The van der Waals surface area contributed by atoms with Crippen LogP contribution < -0.4 is 10.6 Å². The maximum Gasteiger partial charge on any atom is 0.191 e. The van der Waals surface area contributed by atoms with Crippen molar-refractivity contribution in [2.45, 2.75) is 26.3 Å². The van der Waals surface area contributed by atoms with E-state index in [0.717, 1.165) is 36.0 Å². The fourth-order valence-corrected chi connectivity index (χ4v) is 3.38. The maximum atomic E-state index is 4.71. The zero-order chi connectivity index (χ0) is 18.2. The van der Waals surface area contributed by atoms with Crippen LogP contribution in [0.25, 0.3) is 11.4 Å². The van der Waals surface area contributed by atoms with Gasteiger partial charge in [-0.2, -0.15) is 5.10 Å². The van der Waals surface area contributed by atoms with Crippen molar-refractivity contribution in [3.05, 3.63) is 58.5 Å². The van der Waals surface area contributed by atoms with Gasteiger partial charge in [-0.15, -0.1) is 11.3 Å². The molecule has 2 heterocycles. The maximum absolute atomic E-state index is 4.71. The first-order valence-corrected chi connectivity index (χ1v) is 9.64. The molecule has 0 amide bonds. The van der Waals surface area contributed by atoms with Gasteiger partial charge in [0.05, 0.1) is 6.54 Å². The van der Waals surface area contributed by atoms with E-state index in [-0.39, 0.29) is 0 Å². The van der Waals surface area contributed by atoms with Gasteiger partial charge in [-0.25, -0.2) is 9.98 Å². The second-order valence-electron chi connectivity index (χ2n) is 6.03. The minimum Gasteiger partial charge on any atom is -0.357 e. The Balaban J connectivity index is 1.63. The van der Waals surface area contributed by atoms with E-state index in [1.54, 1.807) is 11.3 Å².